The Morgan fingerprint density at radius 1 is 1.21 bits per heavy atom. The summed E-state index contributed by atoms with van der Waals surface area (Å²) in [6.07, 6.45) is -3.11. The van der Waals surface area contributed by atoms with E-state index in [0.717, 1.165) is 6.07 Å². The molecule has 1 heterocycles. The van der Waals surface area contributed by atoms with E-state index in [1.165, 1.54) is 18.4 Å². The van der Waals surface area contributed by atoms with Gasteiger partial charge in [-0.05, 0) is 18.2 Å². The predicted molar refractivity (Wildman–Crippen MR) is 48.9 cm³/mol. The van der Waals surface area contributed by atoms with Crippen LogP contribution in [0.15, 0.2) is 33.4 Å². The van der Waals surface area contributed by atoms with Crippen LogP contribution >= 0.6 is 15.9 Å². The van der Waals surface area contributed by atoms with Crippen LogP contribution in [0.4, 0.5) is 13.2 Å². The summed E-state index contributed by atoms with van der Waals surface area (Å²) >= 11 is 3.00. The number of furan rings is 1. The Hall–Kier alpha value is -0.970. The highest BCUT2D eigenvalue weighted by molar-refractivity contribution is 9.10. The average molecular weight is 265 g/mol. The van der Waals surface area contributed by atoms with Crippen molar-refractivity contribution in [3.63, 3.8) is 0 Å². The molecule has 5 heteroatoms. The van der Waals surface area contributed by atoms with Crippen LogP contribution in [0.3, 0.4) is 0 Å². The zero-order valence-electron chi connectivity index (χ0n) is 6.73. The Bertz CT molecular complexity index is 472. The first kappa shape index (κ1) is 9.58. The van der Waals surface area contributed by atoms with Gasteiger partial charge in [0.25, 0.3) is 0 Å². The number of benzene rings is 1. The van der Waals surface area contributed by atoms with Crippen molar-refractivity contribution in [2.24, 2.45) is 0 Å². The van der Waals surface area contributed by atoms with E-state index >= 15 is 0 Å². The molecule has 2 rings (SSSR count). The molecule has 0 aliphatic heterocycles. The van der Waals surface area contributed by atoms with E-state index < -0.39 is 11.7 Å². The summed E-state index contributed by atoms with van der Waals surface area (Å²) in [6.45, 7) is 0. The topological polar surface area (TPSA) is 13.1 Å². The fourth-order valence-electron chi connectivity index (χ4n) is 1.27. The van der Waals surface area contributed by atoms with E-state index in [0.29, 0.717) is 4.47 Å². The molecule has 14 heavy (non-hydrogen) atoms. The summed E-state index contributed by atoms with van der Waals surface area (Å²) in [7, 11) is 0. The van der Waals surface area contributed by atoms with Crippen molar-refractivity contribution >= 4 is 26.9 Å². The molecule has 1 nitrogen and oxygen atoms in total. The van der Waals surface area contributed by atoms with Crippen LogP contribution in [-0.2, 0) is 6.18 Å². The molecule has 0 fully saturated rings. The minimum atomic E-state index is -4.36. The highest BCUT2D eigenvalue weighted by Crippen LogP contribution is 2.37. The maximum absolute atomic E-state index is 12.5. The summed E-state index contributed by atoms with van der Waals surface area (Å²) in [5.41, 5.74) is -0.456. The molecule has 0 spiro atoms. The van der Waals surface area contributed by atoms with Crippen molar-refractivity contribution in [1.29, 1.82) is 0 Å². The zero-order chi connectivity index (χ0) is 10.3. The minimum absolute atomic E-state index is 0.0840. The summed E-state index contributed by atoms with van der Waals surface area (Å²) in [5.74, 6) is 0. The first-order valence-corrected chi connectivity index (χ1v) is 4.52. The highest BCUT2D eigenvalue weighted by Gasteiger charge is 2.33. The Balaban J connectivity index is 2.80. The van der Waals surface area contributed by atoms with Crippen molar-refractivity contribution in [3.8, 4) is 0 Å². The number of rotatable bonds is 0. The van der Waals surface area contributed by atoms with E-state index in [1.54, 1.807) is 0 Å². The lowest BCUT2D eigenvalue weighted by Crippen LogP contribution is -2.05. The number of hydrogen-bond donors (Lipinski definition) is 0. The second-order valence-electron chi connectivity index (χ2n) is 2.78. The maximum Gasteiger partial charge on any atom is 0.417 e. The van der Waals surface area contributed by atoms with E-state index in [2.05, 4.69) is 15.9 Å². The quantitative estimate of drug-likeness (QED) is 0.695. The Morgan fingerprint density at radius 2 is 1.93 bits per heavy atom. The molecule has 0 radical (unpaired) electrons. The first-order chi connectivity index (χ1) is 6.48. The van der Waals surface area contributed by atoms with Gasteiger partial charge in [0.15, 0.2) is 0 Å². The van der Waals surface area contributed by atoms with Gasteiger partial charge in [-0.3, -0.25) is 0 Å². The van der Waals surface area contributed by atoms with Gasteiger partial charge >= 0.3 is 6.18 Å². The zero-order valence-corrected chi connectivity index (χ0v) is 8.32. The molecule has 0 unspecified atom stereocenters. The lowest BCUT2D eigenvalue weighted by atomic mass is 10.1. The van der Waals surface area contributed by atoms with Gasteiger partial charge in [-0.15, -0.1) is 0 Å². The van der Waals surface area contributed by atoms with Crippen LogP contribution < -0.4 is 0 Å². The van der Waals surface area contributed by atoms with Crippen molar-refractivity contribution in [2.45, 2.75) is 6.18 Å². The van der Waals surface area contributed by atoms with Crippen molar-refractivity contribution in [2.75, 3.05) is 0 Å². The van der Waals surface area contributed by atoms with Gasteiger partial charge in [-0.2, -0.15) is 13.2 Å². The largest absolute Gasteiger partial charge is 0.464 e. The fourth-order valence-corrected chi connectivity index (χ4v) is 1.71. The molecule has 1 aromatic carbocycles. The van der Waals surface area contributed by atoms with E-state index in [4.69, 9.17) is 4.42 Å². The molecular formula is C9H4BrF3O. The maximum atomic E-state index is 12.5. The normalized spacial score (nSPS) is 12.3. The first-order valence-electron chi connectivity index (χ1n) is 3.72. The van der Waals surface area contributed by atoms with Gasteiger partial charge in [0.2, 0.25) is 0 Å². The van der Waals surface area contributed by atoms with Crippen molar-refractivity contribution in [1.82, 2.24) is 0 Å². The van der Waals surface area contributed by atoms with E-state index in [-0.39, 0.29) is 11.0 Å². The third-order valence-corrected chi connectivity index (χ3v) is 2.30. The van der Waals surface area contributed by atoms with Gasteiger partial charge in [-0.1, -0.05) is 15.9 Å². The van der Waals surface area contributed by atoms with Gasteiger partial charge < -0.3 is 4.42 Å². The van der Waals surface area contributed by atoms with Crippen LogP contribution in [0.1, 0.15) is 5.56 Å². The average Bonchev–Trinajstić information content (AvgIpc) is 2.47. The minimum Gasteiger partial charge on any atom is -0.464 e. The SMILES string of the molecule is FC(F)(F)c1cc(Br)cc2occc12. The van der Waals surface area contributed by atoms with Crippen molar-refractivity contribution < 1.29 is 17.6 Å². The van der Waals surface area contributed by atoms with Crippen LogP contribution in [0.2, 0.25) is 0 Å². The van der Waals surface area contributed by atoms with Crippen LogP contribution in [-0.4, -0.2) is 0 Å². The Morgan fingerprint density at radius 3 is 2.57 bits per heavy atom. The lowest BCUT2D eigenvalue weighted by Gasteiger charge is -2.07. The lowest BCUT2D eigenvalue weighted by molar-refractivity contribution is -0.136. The van der Waals surface area contributed by atoms with Crippen molar-refractivity contribution in [3.05, 3.63) is 34.5 Å². The van der Waals surface area contributed by atoms with Gasteiger partial charge in [0.05, 0.1) is 11.8 Å². The van der Waals surface area contributed by atoms with Gasteiger partial charge in [-0.25, -0.2) is 0 Å². The molecule has 0 atom stereocenters. The number of fused-ring (bicyclic) bond motifs is 1. The van der Waals surface area contributed by atoms with E-state index in [1.807, 2.05) is 0 Å². The molecule has 74 valence electrons. The summed E-state index contributed by atoms with van der Waals surface area (Å²) < 4.78 is 42.8. The van der Waals surface area contributed by atoms with E-state index in [9.17, 15) is 13.2 Å². The molecule has 0 saturated heterocycles. The Kier molecular flexibility index (Phi) is 2.06. The smallest absolute Gasteiger partial charge is 0.417 e. The fraction of sp³-hybridized carbons (Fsp3) is 0.111. The molecule has 0 saturated carbocycles. The van der Waals surface area contributed by atoms with Gasteiger partial charge in [0, 0.05) is 9.86 Å². The Labute approximate surface area is 85.6 Å². The molecule has 0 bridgehead atoms. The second-order valence-corrected chi connectivity index (χ2v) is 3.70. The number of hydrogen-bond acceptors (Lipinski definition) is 1. The summed E-state index contributed by atoms with van der Waals surface area (Å²) in [6, 6.07) is 3.85. The molecule has 0 aliphatic rings. The van der Waals surface area contributed by atoms with Crippen LogP contribution in [0, 0.1) is 0 Å². The predicted octanol–water partition coefficient (Wildman–Crippen LogP) is 4.21. The molecule has 0 amide bonds. The molecule has 1 aromatic heterocycles. The number of alkyl halides is 3. The van der Waals surface area contributed by atoms with Crippen LogP contribution in [0.5, 0.6) is 0 Å². The van der Waals surface area contributed by atoms with Gasteiger partial charge in [0.1, 0.15) is 5.58 Å². The monoisotopic (exact) mass is 264 g/mol. The molecular weight excluding hydrogens is 261 g/mol. The molecule has 0 N–H and O–H groups in total. The summed E-state index contributed by atoms with van der Waals surface area (Å²) in [5, 5.41) is 0.0840. The molecule has 2 aromatic rings. The third-order valence-electron chi connectivity index (χ3n) is 1.84. The molecule has 0 aliphatic carbocycles. The summed E-state index contributed by atoms with van der Waals surface area (Å²) in [4.78, 5) is 0. The van der Waals surface area contributed by atoms with Crippen LogP contribution in [0.25, 0.3) is 11.0 Å². The third kappa shape index (κ3) is 1.52. The highest BCUT2D eigenvalue weighted by atomic mass is 79.9. The number of halogens is 4. The second kappa shape index (κ2) is 3.02. The standard InChI is InChI=1S/C9H4BrF3O/c10-5-3-7(9(11,12)13)6-1-2-14-8(6)4-5/h1-4H.